The number of carbonyl (C=O) groups excluding carboxylic acids is 1. The van der Waals surface area contributed by atoms with Crippen molar-refractivity contribution >= 4 is 30.7 Å². The van der Waals surface area contributed by atoms with Crippen LogP contribution in [0.5, 0.6) is 0 Å². The van der Waals surface area contributed by atoms with Gasteiger partial charge in [-0.1, -0.05) is 0 Å². The highest BCUT2D eigenvalue weighted by Gasteiger charge is 2.28. The van der Waals surface area contributed by atoms with Crippen LogP contribution in [0, 0.1) is 11.7 Å². The number of nitrogens with one attached hydrogen (secondary N) is 1. The monoisotopic (exact) mass is 360 g/mol. The Balaban J connectivity index is 0.00000132. The summed E-state index contributed by atoms with van der Waals surface area (Å²) in [6, 6.07) is 5.91. The molecule has 126 valence electrons. The van der Waals surface area contributed by atoms with E-state index in [0.29, 0.717) is 23.8 Å². The SMILES string of the molecule is Cl.Cl.NC(CNC(=O)c1cncn1-c1ccc(F)cc1)C1CC1. The molecule has 1 atom stereocenters. The number of hydrogen-bond acceptors (Lipinski definition) is 3. The molecule has 0 radical (unpaired) electrons. The average Bonchev–Trinajstić information content (AvgIpc) is 3.23. The number of hydrogen-bond donors (Lipinski definition) is 2. The molecule has 1 aliphatic rings. The smallest absolute Gasteiger partial charge is 0.269 e. The first-order chi connectivity index (χ1) is 10.1. The molecule has 0 aliphatic heterocycles. The van der Waals surface area contributed by atoms with Gasteiger partial charge in [0.05, 0.1) is 12.5 Å². The maximum atomic E-state index is 13.0. The Morgan fingerprint density at radius 2 is 2.00 bits per heavy atom. The van der Waals surface area contributed by atoms with Gasteiger partial charge in [0.15, 0.2) is 0 Å². The summed E-state index contributed by atoms with van der Waals surface area (Å²) in [6.45, 7) is 0.456. The minimum absolute atomic E-state index is 0. The van der Waals surface area contributed by atoms with Crippen molar-refractivity contribution in [2.45, 2.75) is 18.9 Å². The number of imidazole rings is 1. The Morgan fingerprint density at radius 1 is 1.35 bits per heavy atom. The standard InChI is InChI=1S/C15H17FN4O.2ClH/c16-11-3-5-12(6-4-11)20-9-18-8-14(20)15(21)19-7-13(17)10-1-2-10;;/h3-6,8-10,13H,1-2,7,17H2,(H,19,21);2*1H. The minimum Gasteiger partial charge on any atom is -0.349 e. The zero-order valence-corrected chi connectivity index (χ0v) is 13.9. The van der Waals surface area contributed by atoms with Crippen LogP contribution < -0.4 is 11.1 Å². The number of nitrogens with zero attached hydrogens (tertiary/aromatic N) is 2. The van der Waals surface area contributed by atoms with Crippen molar-refractivity contribution in [1.29, 1.82) is 0 Å². The maximum Gasteiger partial charge on any atom is 0.269 e. The molecule has 1 saturated carbocycles. The zero-order chi connectivity index (χ0) is 14.8. The lowest BCUT2D eigenvalue weighted by molar-refractivity contribution is 0.0943. The fourth-order valence-corrected chi connectivity index (χ4v) is 2.26. The first-order valence-corrected chi connectivity index (χ1v) is 6.97. The topological polar surface area (TPSA) is 72.9 Å². The lowest BCUT2D eigenvalue weighted by atomic mass is 10.2. The third kappa shape index (κ3) is 4.67. The van der Waals surface area contributed by atoms with Crippen molar-refractivity contribution in [2.24, 2.45) is 11.7 Å². The molecule has 0 spiro atoms. The van der Waals surface area contributed by atoms with Gasteiger partial charge in [-0.15, -0.1) is 24.8 Å². The molecule has 5 nitrogen and oxygen atoms in total. The molecule has 0 bridgehead atoms. The van der Waals surface area contributed by atoms with Gasteiger partial charge < -0.3 is 11.1 Å². The number of amides is 1. The molecule has 0 saturated heterocycles. The first kappa shape index (κ1) is 19.4. The fourth-order valence-electron chi connectivity index (χ4n) is 2.26. The Bertz CT molecular complexity index is 643. The second kappa shape index (κ2) is 8.29. The van der Waals surface area contributed by atoms with Gasteiger partial charge in [-0.25, -0.2) is 9.37 Å². The van der Waals surface area contributed by atoms with Crippen molar-refractivity contribution < 1.29 is 9.18 Å². The first-order valence-electron chi connectivity index (χ1n) is 6.97. The van der Waals surface area contributed by atoms with E-state index < -0.39 is 0 Å². The van der Waals surface area contributed by atoms with Crippen LogP contribution in [0.1, 0.15) is 23.3 Å². The van der Waals surface area contributed by atoms with Crippen LogP contribution in [0.15, 0.2) is 36.8 Å². The molecule has 23 heavy (non-hydrogen) atoms. The number of nitrogens with two attached hydrogens (primary N) is 1. The number of halogens is 3. The van der Waals surface area contributed by atoms with Gasteiger partial charge in [0.25, 0.3) is 5.91 Å². The fraction of sp³-hybridized carbons (Fsp3) is 0.333. The van der Waals surface area contributed by atoms with Crippen LogP contribution in [0.3, 0.4) is 0 Å². The van der Waals surface area contributed by atoms with Gasteiger partial charge >= 0.3 is 0 Å². The maximum absolute atomic E-state index is 13.0. The summed E-state index contributed by atoms with van der Waals surface area (Å²) in [6.07, 6.45) is 5.30. The van der Waals surface area contributed by atoms with E-state index in [9.17, 15) is 9.18 Å². The molecule has 1 aromatic carbocycles. The summed E-state index contributed by atoms with van der Waals surface area (Å²) in [5, 5.41) is 2.83. The number of benzene rings is 1. The molecule has 1 amide bonds. The predicted octanol–water partition coefficient (Wildman–Crippen LogP) is 2.32. The number of aromatic nitrogens is 2. The highest BCUT2D eigenvalue weighted by Crippen LogP contribution is 2.31. The molecule has 3 rings (SSSR count). The van der Waals surface area contributed by atoms with Gasteiger partial charge in [0, 0.05) is 18.3 Å². The highest BCUT2D eigenvalue weighted by atomic mass is 35.5. The molecule has 1 unspecified atom stereocenters. The summed E-state index contributed by atoms with van der Waals surface area (Å²) >= 11 is 0. The second-order valence-corrected chi connectivity index (χ2v) is 5.34. The zero-order valence-electron chi connectivity index (χ0n) is 12.3. The lowest BCUT2D eigenvalue weighted by Gasteiger charge is -2.12. The van der Waals surface area contributed by atoms with E-state index in [1.54, 1.807) is 16.7 Å². The molecule has 8 heteroatoms. The van der Waals surface area contributed by atoms with Gasteiger partial charge in [-0.05, 0) is 43.0 Å². The molecule has 1 aromatic heterocycles. The van der Waals surface area contributed by atoms with Crippen molar-refractivity contribution in [3.63, 3.8) is 0 Å². The van der Waals surface area contributed by atoms with Crippen LogP contribution in [0.4, 0.5) is 4.39 Å². The van der Waals surface area contributed by atoms with Crippen LogP contribution in [-0.2, 0) is 0 Å². The second-order valence-electron chi connectivity index (χ2n) is 5.34. The summed E-state index contributed by atoms with van der Waals surface area (Å²) in [4.78, 5) is 16.2. The number of rotatable bonds is 5. The molecule has 1 fully saturated rings. The number of carbonyl (C=O) groups is 1. The molecular formula is C15H19Cl2FN4O. The normalized spacial score (nSPS) is 14.3. The van der Waals surface area contributed by atoms with Crippen molar-refractivity contribution in [2.75, 3.05) is 6.54 Å². The molecule has 1 heterocycles. The third-order valence-corrected chi connectivity index (χ3v) is 3.70. The quantitative estimate of drug-likeness (QED) is 0.859. The Kier molecular flexibility index (Phi) is 7.00. The lowest BCUT2D eigenvalue weighted by Crippen LogP contribution is -2.39. The van der Waals surface area contributed by atoms with E-state index in [1.807, 2.05) is 0 Å². The van der Waals surface area contributed by atoms with Gasteiger partial charge in [-0.2, -0.15) is 0 Å². The van der Waals surface area contributed by atoms with Gasteiger partial charge in [0.1, 0.15) is 11.5 Å². The largest absolute Gasteiger partial charge is 0.349 e. The molecule has 3 N–H and O–H groups in total. The molecule has 1 aliphatic carbocycles. The van der Waals surface area contributed by atoms with Crippen molar-refractivity contribution in [3.05, 3.63) is 48.3 Å². The average molecular weight is 361 g/mol. The van der Waals surface area contributed by atoms with E-state index >= 15 is 0 Å². The van der Waals surface area contributed by atoms with E-state index in [4.69, 9.17) is 5.73 Å². The summed E-state index contributed by atoms with van der Waals surface area (Å²) in [7, 11) is 0. The Morgan fingerprint density at radius 3 is 2.61 bits per heavy atom. The molecular weight excluding hydrogens is 342 g/mol. The van der Waals surface area contributed by atoms with Gasteiger partial charge in [-0.3, -0.25) is 9.36 Å². The van der Waals surface area contributed by atoms with E-state index in [0.717, 1.165) is 12.8 Å². The van der Waals surface area contributed by atoms with Crippen molar-refractivity contribution in [3.8, 4) is 5.69 Å². The summed E-state index contributed by atoms with van der Waals surface area (Å²) in [5.41, 5.74) is 7.06. The van der Waals surface area contributed by atoms with Crippen molar-refractivity contribution in [1.82, 2.24) is 14.9 Å². The van der Waals surface area contributed by atoms with E-state index in [-0.39, 0.29) is 42.6 Å². The van der Waals surface area contributed by atoms with Crippen LogP contribution in [0.2, 0.25) is 0 Å². The van der Waals surface area contributed by atoms with Crippen LogP contribution in [-0.4, -0.2) is 28.0 Å². The van der Waals surface area contributed by atoms with Crippen LogP contribution in [0.25, 0.3) is 5.69 Å². The summed E-state index contributed by atoms with van der Waals surface area (Å²) < 4.78 is 14.6. The molecule has 2 aromatic rings. The van der Waals surface area contributed by atoms with Gasteiger partial charge in [0.2, 0.25) is 0 Å². The minimum atomic E-state index is -0.319. The predicted molar refractivity (Wildman–Crippen MR) is 91.1 cm³/mol. The van der Waals surface area contributed by atoms with E-state index in [2.05, 4.69) is 10.3 Å². The Labute approximate surface area is 146 Å². The highest BCUT2D eigenvalue weighted by molar-refractivity contribution is 5.93. The van der Waals surface area contributed by atoms with E-state index in [1.165, 1.54) is 24.7 Å². The Hall–Kier alpha value is -1.63. The van der Waals surface area contributed by atoms with Crippen LogP contribution >= 0.6 is 24.8 Å². The summed E-state index contributed by atoms with van der Waals surface area (Å²) in [5.74, 6) is -0.0134. The third-order valence-electron chi connectivity index (χ3n) is 3.70.